The average molecular weight is 963 g/mol. The maximum absolute atomic E-state index is 7.13. The van der Waals surface area contributed by atoms with Gasteiger partial charge in [0.15, 0.2) is 7.05 Å². The van der Waals surface area contributed by atoms with Crippen molar-refractivity contribution < 1.29 is 30.4 Å². The van der Waals surface area contributed by atoms with Crippen molar-refractivity contribution in [2.75, 3.05) is 7.05 Å². The molecule has 1 aliphatic rings. The average Bonchev–Trinajstić information content (AvgIpc) is 3.66. The number of nitrogens with zero attached hydrogens (tertiary/aromatic N) is 7. The molecule has 0 fully saturated rings. The van der Waals surface area contributed by atoms with Crippen LogP contribution in [0.1, 0.15) is 106 Å². The third kappa shape index (κ3) is 7.93. The molecule has 1 aliphatic heterocycles. The van der Waals surface area contributed by atoms with E-state index in [1.807, 2.05) is 52.7 Å². The Morgan fingerprint density at radius 3 is 1.90 bits per heavy atom. The van der Waals surface area contributed by atoms with Gasteiger partial charge in [0, 0.05) is 46.2 Å². The molecular formula is C50H53N7OPt+2. The summed E-state index contributed by atoms with van der Waals surface area (Å²) in [4.78, 5) is 20.2. The fourth-order valence-corrected chi connectivity index (χ4v) is 7.20. The number of hydrogen-bond acceptors (Lipinski definition) is 5. The van der Waals surface area contributed by atoms with Gasteiger partial charge in [0.05, 0.1) is 0 Å². The van der Waals surface area contributed by atoms with E-state index >= 15 is 0 Å². The monoisotopic (exact) mass is 962 g/mol. The van der Waals surface area contributed by atoms with Crippen molar-refractivity contribution >= 4 is 44.9 Å². The zero-order chi connectivity index (χ0) is 41.5. The third-order valence-electron chi connectivity index (χ3n) is 10.6. The zero-order valence-corrected chi connectivity index (χ0v) is 38.7. The Bertz CT molecular complexity index is 2810. The molecule has 0 unspecified atom stereocenters. The Hall–Kier alpha value is -5.29. The number of hydrogen-bond donors (Lipinski definition) is 0. The summed E-state index contributed by atoms with van der Waals surface area (Å²) in [6, 6.07) is 38.3. The van der Waals surface area contributed by atoms with Crippen LogP contribution in [0.2, 0.25) is 0 Å². The van der Waals surface area contributed by atoms with Crippen molar-refractivity contribution in [3.8, 4) is 28.7 Å². The molecule has 4 heterocycles. The van der Waals surface area contributed by atoms with Crippen molar-refractivity contribution in [2.45, 2.75) is 105 Å². The standard InChI is InChI=1S/C50H53N7O.Pt/c1-47(2,3)31-21-22-38-35(26-31)36-28-37(44-52-45(49(7,8)9)54-46(53-44)50(10,11)12)42(29-41(36)57(38)43-20-16-17-23-51-43)58-34-25-32(48(4,5)6)24-33(27-34)56-30-55(13)39-18-14-15-19-40(39)56;/h14-26,28H,1-13H3;/q;+2. The van der Waals surface area contributed by atoms with Crippen LogP contribution in [0.3, 0.4) is 0 Å². The number of ether oxygens (including phenoxy) is 1. The molecule has 8 nitrogen and oxygen atoms in total. The maximum atomic E-state index is 7.13. The van der Waals surface area contributed by atoms with Gasteiger partial charge in [-0.25, -0.2) is 19.9 Å². The van der Waals surface area contributed by atoms with Gasteiger partial charge in [-0.15, -0.1) is 29.1 Å². The van der Waals surface area contributed by atoms with E-state index in [1.165, 1.54) is 5.56 Å². The van der Waals surface area contributed by atoms with Crippen LogP contribution in [-0.2, 0) is 42.7 Å². The normalized spacial score (nSPS) is 13.3. The minimum atomic E-state index is -0.334. The van der Waals surface area contributed by atoms with Crippen LogP contribution in [0.4, 0.5) is 17.1 Å². The molecule has 0 saturated heterocycles. The summed E-state index contributed by atoms with van der Waals surface area (Å²) in [7, 11) is 2.01. The third-order valence-corrected chi connectivity index (χ3v) is 10.6. The van der Waals surface area contributed by atoms with E-state index < -0.39 is 0 Å². The van der Waals surface area contributed by atoms with Gasteiger partial charge in [0.25, 0.3) is 11.4 Å². The summed E-state index contributed by atoms with van der Waals surface area (Å²) in [6.07, 6.45) is 1.83. The van der Waals surface area contributed by atoms with Gasteiger partial charge in [0.1, 0.15) is 29.0 Å². The molecular weight excluding hydrogens is 910 g/mol. The second kappa shape index (κ2) is 14.8. The first-order valence-electron chi connectivity index (χ1n) is 20.1. The van der Waals surface area contributed by atoms with Gasteiger partial charge in [-0.1, -0.05) is 140 Å². The number of pyridine rings is 1. The van der Waals surface area contributed by atoms with Crippen LogP contribution in [0.15, 0.2) is 85.1 Å². The predicted octanol–water partition coefficient (Wildman–Crippen LogP) is 11.9. The molecule has 0 N–H and O–H groups in total. The molecule has 4 aromatic carbocycles. The van der Waals surface area contributed by atoms with Crippen LogP contribution in [-0.4, -0.2) is 42.1 Å². The molecule has 59 heavy (non-hydrogen) atoms. The van der Waals surface area contributed by atoms with Gasteiger partial charge in [-0.05, 0) is 45.5 Å². The van der Waals surface area contributed by atoms with Crippen molar-refractivity contribution in [1.29, 1.82) is 0 Å². The molecule has 0 radical (unpaired) electrons. The van der Waals surface area contributed by atoms with E-state index in [0.29, 0.717) is 34.5 Å². The molecule has 0 saturated carbocycles. The van der Waals surface area contributed by atoms with E-state index in [1.54, 1.807) is 0 Å². The second-order valence-corrected chi connectivity index (χ2v) is 19.5. The Morgan fingerprint density at radius 1 is 0.644 bits per heavy atom. The number of fused-ring (bicyclic) bond motifs is 4. The van der Waals surface area contributed by atoms with Crippen LogP contribution < -0.4 is 9.31 Å². The van der Waals surface area contributed by atoms with Gasteiger partial charge in [-0.2, -0.15) is 0 Å². The van der Waals surface area contributed by atoms with Gasteiger partial charge in [-0.3, -0.25) is 0 Å². The minimum Gasteiger partial charge on any atom is -0.508 e. The van der Waals surface area contributed by atoms with E-state index in [9.17, 15) is 0 Å². The molecule has 302 valence electrons. The predicted molar refractivity (Wildman–Crippen MR) is 235 cm³/mol. The SMILES string of the molecule is C[N+]1=C=[N+](c2[c-]c(Oc3[c-]c4c(cc3-c3nc(C(C)(C)C)nc(C(C)(C)C)n3)c3cc(C(C)(C)C)ccc3n4-c3ccccn3)cc(C(C)(C)C)c2)c2ccccc21.[Pt+2]. The maximum Gasteiger partial charge on any atom is 2.00 e. The van der Waals surface area contributed by atoms with Crippen LogP contribution in [0.5, 0.6) is 11.5 Å². The fourth-order valence-electron chi connectivity index (χ4n) is 7.20. The Morgan fingerprint density at radius 2 is 1.29 bits per heavy atom. The van der Waals surface area contributed by atoms with E-state index in [0.717, 1.165) is 50.2 Å². The quantitative estimate of drug-likeness (QED) is 0.127. The van der Waals surface area contributed by atoms with E-state index in [2.05, 4.69) is 154 Å². The van der Waals surface area contributed by atoms with Crippen molar-refractivity contribution in [3.05, 3.63) is 120 Å². The fraction of sp³-hybridized carbons (Fsp3) is 0.340. The largest absolute Gasteiger partial charge is 2.00 e. The van der Waals surface area contributed by atoms with Gasteiger partial charge in [0.2, 0.25) is 0 Å². The van der Waals surface area contributed by atoms with Gasteiger partial charge >= 0.3 is 27.1 Å². The molecule has 0 aliphatic carbocycles. The summed E-state index contributed by atoms with van der Waals surface area (Å²) < 4.78 is 13.4. The van der Waals surface area contributed by atoms with Crippen LogP contribution in [0, 0.1) is 12.1 Å². The number of para-hydroxylation sites is 2. The summed E-state index contributed by atoms with van der Waals surface area (Å²) in [5.74, 6) is 3.78. The first-order chi connectivity index (χ1) is 27.2. The van der Waals surface area contributed by atoms with Crippen LogP contribution in [0.25, 0.3) is 39.0 Å². The molecule has 9 heteroatoms. The minimum absolute atomic E-state index is 0. The molecule has 0 atom stereocenters. The number of aromatic nitrogens is 5. The topological polar surface area (TPSA) is 71.7 Å². The smallest absolute Gasteiger partial charge is 0.508 e. The van der Waals surface area contributed by atoms with E-state index in [4.69, 9.17) is 24.7 Å². The Balaban J connectivity index is 0.00000528. The summed E-state index contributed by atoms with van der Waals surface area (Å²) >= 11 is 0. The summed E-state index contributed by atoms with van der Waals surface area (Å²) in [6.45, 7) is 26.2. The molecule has 7 aromatic rings. The first-order valence-corrected chi connectivity index (χ1v) is 20.1. The first kappa shape index (κ1) is 41.9. The van der Waals surface area contributed by atoms with Crippen LogP contribution >= 0.6 is 0 Å². The van der Waals surface area contributed by atoms with E-state index in [-0.39, 0.29) is 42.7 Å². The summed E-state index contributed by atoms with van der Waals surface area (Å²) in [5, 5.41) is 2.09. The molecule has 3 aromatic heterocycles. The number of rotatable bonds is 5. The Labute approximate surface area is 363 Å². The number of benzene rings is 4. The van der Waals surface area contributed by atoms with Gasteiger partial charge < -0.3 is 9.30 Å². The zero-order valence-electron chi connectivity index (χ0n) is 36.4. The molecule has 0 spiro atoms. The molecule has 8 rings (SSSR count). The molecule has 0 amide bonds. The molecule has 0 bridgehead atoms. The van der Waals surface area contributed by atoms with Crippen molar-refractivity contribution in [3.63, 3.8) is 0 Å². The van der Waals surface area contributed by atoms with Crippen molar-refractivity contribution in [1.82, 2.24) is 29.1 Å². The van der Waals surface area contributed by atoms with Crippen molar-refractivity contribution in [2.24, 2.45) is 0 Å². The Kier molecular flexibility index (Phi) is 10.5. The second-order valence-electron chi connectivity index (χ2n) is 19.5. The summed E-state index contributed by atoms with van der Waals surface area (Å²) in [5.41, 5.74) is 6.88.